The molecule has 2 aromatic carbocycles. The van der Waals surface area contributed by atoms with Crippen molar-refractivity contribution in [1.82, 2.24) is 19.7 Å². The molecule has 0 bridgehead atoms. The van der Waals surface area contributed by atoms with E-state index >= 15 is 0 Å². The summed E-state index contributed by atoms with van der Waals surface area (Å²) in [5, 5.41) is 11.1. The van der Waals surface area contributed by atoms with E-state index < -0.39 is 0 Å². The topological polar surface area (TPSA) is 59.9 Å². The van der Waals surface area contributed by atoms with Gasteiger partial charge in [-0.05, 0) is 75.5 Å². The van der Waals surface area contributed by atoms with E-state index in [-0.39, 0.29) is 11.7 Å². The number of nitrogens with zero attached hydrogens (tertiary/aromatic N) is 4. The number of aromatic nitrogens is 1. The van der Waals surface area contributed by atoms with E-state index in [9.17, 15) is 9.90 Å². The van der Waals surface area contributed by atoms with Crippen molar-refractivity contribution < 1.29 is 9.90 Å². The second-order valence-electron chi connectivity index (χ2n) is 10.4. The Morgan fingerprint density at radius 3 is 2.54 bits per heavy atom. The number of likely N-dealkylation sites (tertiary alicyclic amines) is 1. The molecular weight excluding hydrogens is 436 g/mol. The first-order valence-corrected chi connectivity index (χ1v) is 12.8. The fraction of sp³-hybridized carbons (Fsp3) is 0.448. The van der Waals surface area contributed by atoms with Gasteiger partial charge in [-0.25, -0.2) is 4.98 Å². The Labute approximate surface area is 208 Å². The molecule has 1 amide bonds. The minimum atomic E-state index is -0.0533. The van der Waals surface area contributed by atoms with E-state index in [1.807, 2.05) is 31.1 Å². The fourth-order valence-corrected chi connectivity index (χ4v) is 5.69. The number of para-hydroxylation sites is 1. The molecule has 1 N–H and O–H groups in total. The maximum Gasteiger partial charge on any atom is 0.272 e. The third-order valence-electron chi connectivity index (χ3n) is 7.60. The summed E-state index contributed by atoms with van der Waals surface area (Å²) in [5.74, 6) is 0.507. The summed E-state index contributed by atoms with van der Waals surface area (Å²) in [5.41, 5.74) is 3.87. The number of amides is 1. The van der Waals surface area contributed by atoms with Crippen LogP contribution in [0.3, 0.4) is 0 Å². The molecule has 6 nitrogen and oxygen atoms in total. The highest BCUT2D eigenvalue weighted by Gasteiger charge is 2.32. The molecular formula is C29H36N4O2. The number of piperidine rings is 1. The summed E-state index contributed by atoms with van der Waals surface area (Å²) < 4.78 is 0. The zero-order valence-electron chi connectivity index (χ0n) is 20.9. The molecule has 0 unspecified atom stereocenters. The first-order chi connectivity index (χ1) is 17.0. The van der Waals surface area contributed by atoms with Gasteiger partial charge in [-0.3, -0.25) is 9.69 Å². The van der Waals surface area contributed by atoms with E-state index in [2.05, 4.69) is 39.0 Å². The molecule has 1 aliphatic carbocycles. The van der Waals surface area contributed by atoms with Crippen LogP contribution in [0.4, 0.5) is 0 Å². The first-order valence-electron chi connectivity index (χ1n) is 12.8. The number of rotatable bonds is 7. The predicted octanol–water partition coefficient (Wildman–Crippen LogP) is 3.82. The molecule has 1 atom stereocenters. The van der Waals surface area contributed by atoms with E-state index in [1.165, 1.54) is 17.5 Å². The molecule has 0 saturated carbocycles. The number of benzene rings is 2. The van der Waals surface area contributed by atoms with Gasteiger partial charge in [0, 0.05) is 37.6 Å². The molecule has 0 spiro atoms. The number of hydrogen-bond acceptors (Lipinski definition) is 5. The van der Waals surface area contributed by atoms with Gasteiger partial charge in [-0.1, -0.05) is 42.5 Å². The average molecular weight is 473 g/mol. The van der Waals surface area contributed by atoms with Gasteiger partial charge < -0.3 is 14.9 Å². The van der Waals surface area contributed by atoms with E-state index in [1.54, 1.807) is 18.2 Å². The van der Waals surface area contributed by atoms with Crippen LogP contribution in [0.25, 0.3) is 10.9 Å². The molecule has 1 saturated heterocycles. The minimum absolute atomic E-state index is 0.0533. The van der Waals surface area contributed by atoms with Gasteiger partial charge in [-0.15, -0.1) is 0 Å². The van der Waals surface area contributed by atoms with Crippen LogP contribution in [-0.2, 0) is 12.8 Å². The highest BCUT2D eigenvalue weighted by atomic mass is 16.3. The van der Waals surface area contributed by atoms with Crippen LogP contribution in [0.5, 0.6) is 5.75 Å². The van der Waals surface area contributed by atoms with Crippen molar-refractivity contribution in [2.75, 3.05) is 46.8 Å². The molecule has 2 aliphatic rings. The van der Waals surface area contributed by atoms with E-state index in [4.69, 9.17) is 0 Å². The Morgan fingerprint density at radius 1 is 1.03 bits per heavy atom. The largest absolute Gasteiger partial charge is 0.506 e. The molecule has 3 aromatic rings. The van der Waals surface area contributed by atoms with Crippen LogP contribution in [-0.4, -0.2) is 83.6 Å². The summed E-state index contributed by atoms with van der Waals surface area (Å²) in [6.45, 7) is 4.39. The minimum Gasteiger partial charge on any atom is -0.506 e. The van der Waals surface area contributed by atoms with Crippen molar-refractivity contribution in [2.45, 2.75) is 31.7 Å². The third kappa shape index (κ3) is 5.34. The predicted molar refractivity (Wildman–Crippen MR) is 140 cm³/mol. The maximum absolute atomic E-state index is 13.6. The maximum atomic E-state index is 13.6. The normalized spacial score (nSPS) is 18.8. The third-order valence-corrected chi connectivity index (χ3v) is 7.60. The molecule has 184 valence electrons. The van der Waals surface area contributed by atoms with Crippen molar-refractivity contribution in [2.24, 2.45) is 5.92 Å². The van der Waals surface area contributed by atoms with Gasteiger partial charge >= 0.3 is 0 Å². The number of phenolic OH excluding ortho intramolecular Hbond substituents is 1. The summed E-state index contributed by atoms with van der Waals surface area (Å²) in [6, 6.07) is 18.4. The number of aromatic hydroxyl groups is 1. The molecule has 5 rings (SSSR count). The van der Waals surface area contributed by atoms with Crippen molar-refractivity contribution in [1.29, 1.82) is 0 Å². The van der Waals surface area contributed by atoms with Crippen LogP contribution in [0.1, 0.15) is 34.5 Å². The highest BCUT2D eigenvalue weighted by molar-refractivity contribution is 5.96. The zero-order chi connectivity index (χ0) is 24.4. The van der Waals surface area contributed by atoms with Crippen molar-refractivity contribution in [3.63, 3.8) is 0 Å². The van der Waals surface area contributed by atoms with E-state index in [0.29, 0.717) is 29.7 Å². The smallest absolute Gasteiger partial charge is 0.272 e. The van der Waals surface area contributed by atoms with Crippen molar-refractivity contribution in [3.8, 4) is 5.75 Å². The molecule has 2 heterocycles. The van der Waals surface area contributed by atoms with Gasteiger partial charge in [0.15, 0.2) is 0 Å². The van der Waals surface area contributed by atoms with Gasteiger partial charge in [0.25, 0.3) is 5.91 Å². The number of carbonyl (C=O) groups excluding carboxylic acids is 1. The van der Waals surface area contributed by atoms with Crippen molar-refractivity contribution in [3.05, 3.63) is 71.4 Å². The Morgan fingerprint density at radius 2 is 1.80 bits per heavy atom. The Hall–Kier alpha value is -2.96. The second kappa shape index (κ2) is 10.3. The Kier molecular flexibility index (Phi) is 7.02. The lowest BCUT2D eigenvalue weighted by Gasteiger charge is -2.39. The molecule has 35 heavy (non-hydrogen) atoms. The van der Waals surface area contributed by atoms with Crippen LogP contribution in [0, 0.1) is 5.92 Å². The number of fused-ring (bicyclic) bond motifs is 2. The number of pyridine rings is 1. The summed E-state index contributed by atoms with van der Waals surface area (Å²) >= 11 is 0. The summed E-state index contributed by atoms with van der Waals surface area (Å²) in [4.78, 5) is 24.9. The van der Waals surface area contributed by atoms with Crippen LogP contribution in [0.2, 0.25) is 0 Å². The SMILES string of the molecule is CN(C)CCN(C[C@@H]1CCCN(C2Cc3ccccc3C2)C1)C(=O)c1ccc2cccc(O)c2n1. The molecule has 0 radical (unpaired) electrons. The zero-order valence-corrected chi connectivity index (χ0v) is 20.9. The monoisotopic (exact) mass is 472 g/mol. The summed E-state index contributed by atoms with van der Waals surface area (Å²) in [7, 11) is 4.07. The number of hydrogen-bond donors (Lipinski definition) is 1. The van der Waals surface area contributed by atoms with Crippen LogP contribution < -0.4 is 0 Å². The van der Waals surface area contributed by atoms with Gasteiger partial charge in [-0.2, -0.15) is 0 Å². The molecule has 1 aliphatic heterocycles. The standard InChI is InChI=1S/C29H36N4O2/c1-31(2)15-16-33(29(35)26-13-12-22-10-5-11-27(34)28(22)30-26)20-21-7-6-14-32(19-21)25-17-23-8-3-4-9-24(23)18-25/h3-5,8-13,21,25,34H,6-7,14-20H2,1-2H3/t21-/m1/s1. The fourth-order valence-electron chi connectivity index (χ4n) is 5.69. The number of phenols is 1. The number of likely N-dealkylation sites (N-methyl/N-ethyl adjacent to an activating group) is 1. The Balaban J connectivity index is 1.30. The molecule has 6 heteroatoms. The average Bonchev–Trinajstić information content (AvgIpc) is 3.31. The van der Waals surface area contributed by atoms with Gasteiger partial charge in [0.2, 0.25) is 0 Å². The highest BCUT2D eigenvalue weighted by Crippen LogP contribution is 2.29. The molecule has 1 fully saturated rings. The van der Waals surface area contributed by atoms with E-state index in [0.717, 1.165) is 50.8 Å². The van der Waals surface area contributed by atoms with Gasteiger partial charge in [0.05, 0.1) is 0 Å². The second-order valence-corrected chi connectivity index (χ2v) is 10.4. The number of carbonyl (C=O) groups is 1. The van der Waals surface area contributed by atoms with Crippen LogP contribution in [0.15, 0.2) is 54.6 Å². The lowest BCUT2D eigenvalue weighted by Crippen LogP contribution is -2.48. The lowest BCUT2D eigenvalue weighted by atomic mass is 9.95. The molecule has 1 aromatic heterocycles. The lowest BCUT2D eigenvalue weighted by molar-refractivity contribution is 0.0625. The Bertz CT molecular complexity index is 1170. The van der Waals surface area contributed by atoms with Gasteiger partial charge in [0.1, 0.15) is 17.0 Å². The first kappa shape index (κ1) is 23.8. The quantitative estimate of drug-likeness (QED) is 0.567. The van der Waals surface area contributed by atoms with Crippen molar-refractivity contribution >= 4 is 16.8 Å². The van der Waals surface area contributed by atoms with Crippen LogP contribution >= 0.6 is 0 Å². The summed E-state index contributed by atoms with van der Waals surface area (Å²) in [6.07, 6.45) is 4.59.